The van der Waals surface area contributed by atoms with Crippen LogP contribution < -0.4 is 10.6 Å². The minimum absolute atomic E-state index is 0.173. The molecule has 1 atom stereocenters. The summed E-state index contributed by atoms with van der Waals surface area (Å²) in [5.74, 6) is 0.418. The first-order valence-electron chi connectivity index (χ1n) is 6.65. The Morgan fingerprint density at radius 3 is 2.31 bits per heavy atom. The lowest BCUT2D eigenvalue weighted by Gasteiger charge is -2.29. The van der Waals surface area contributed by atoms with E-state index in [0.717, 1.165) is 25.7 Å². The molecule has 0 aliphatic heterocycles. The van der Waals surface area contributed by atoms with E-state index in [1.165, 1.54) is 12.8 Å². The van der Waals surface area contributed by atoms with Crippen molar-refractivity contribution in [1.82, 2.24) is 10.6 Å². The lowest BCUT2D eigenvalue weighted by molar-refractivity contribution is -0.125. The molecule has 3 nitrogen and oxygen atoms in total. The van der Waals surface area contributed by atoms with Crippen LogP contribution in [0.25, 0.3) is 0 Å². The van der Waals surface area contributed by atoms with Crippen molar-refractivity contribution in [2.75, 3.05) is 7.05 Å². The number of hydrogen-bond donors (Lipinski definition) is 2. The molecule has 0 aromatic rings. The van der Waals surface area contributed by atoms with Gasteiger partial charge in [-0.3, -0.25) is 4.79 Å². The summed E-state index contributed by atoms with van der Waals surface area (Å²) in [4.78, 5) is 11.8. The summed E-state index contributed by atoms with van der Waals surface area (Å²) in [7, 11) is 2.02. The fourth-order valence-electron chi connectivity index (χ4n) is 2.43. The van der Waals surface area contributed by atoms with Crippen LogP contribution in [0, 0.1) is 5.92 Å². The molecule has 0 heterocycles. The minimum atomic E-state index is 0.173. The van der Waals surface area contributed by atoms with E-state index in [4.69, 9.17) is 0 Å². The Kier molecular flexibility index (Phi) is 5.81. The average molecular weight is 226 g/mol. The zero-order valence-corrected chi connectivity index (χ0v) is 10.9. The van der Waals surface area contributed by atoms with Crippen LogP contribution in [0.15, 0.2) is 0 Å². The van der Waals surface area contributed by atoms with Gasteiger partial charge in [0, 0.05) is 18.0 Å². The Bertz CT molecular complexity index is 210. The summed E-state index contributed by atoms with van der Waals surface area (Å²) < 4.78 is 0. The maximum Gasteiger partial charge on any atom is 0.223 e. The number of carbonyl (C=O) groups excluding carboxylic acids is 1. The summed E-state index contributed by atoms with van der Waals surface area (Å²) in [6, 6.07) is 1.07. The van der Waals surface area contributed by atoms with Crippen molar-refractivity contribution in [1.29, 1.82) is 0 Å². The van der Waals surface area contributed by atoms with Crippen molar-refractivity contribution in [2.45, 2.75) is 64.5 Å². The highest BCUT2D eigenvalue weighted by atomic mass is 16.1. The molecule has 0 aromatic heterocycles. The normalized spacial score (nSPS) is 27.4. The van der Waals surface area contributed by atoms with Crippen molar-refractivity contribution in [3.63, 3.8) is 0 Å². The van der Waals surface area contributed by atoms with E-state index in [-0.39, 0.29) is 11.8 Å². The first-order valence-corrected chi connectivity index (χ1v) is 6.65. The minimum Gasteiger partial charge on any atom is -0.353 e. The monoisotopic (exact) mass is 226 g/mol. The number of amides is 1. The van der Waals surface area contributed by atoms with E-state index in [0.29, 0.717) is 12.1 Å². The Morgan fingerprint density at radius 1 is 1.25 bits per heavy atom. The predicted molar refractivity (Wildman–Crippen MR) is 67.3 cm³/mol. The van der Waals surface area contributed by atoms with Gasteiger partial charge < -0.3 is 10.6 Å². The molecule has 0 bridgehead atoms. The molecule has 1 amide bonds. The molecule has 0 aromatic carbocycles. The van der Waals surface area contributed by atoms with Crippen molar-refractivity contribution >= 4 is 5.91 Å². The van der Waals surface area contributed by atoms with Gasteiger partial charge in [-0.1, -0.05) is 20.3 Å². The number of nitrogens with one attached hydrogen (secondary N) is 2. The maximum absolute atomic E-state index is 11.8. The summed E-state index contributed by atoms with van der Waals surface area (Å²) in [5.41, 5.74) is 0. The molecule has 1 unspecified atom stereocenters. The first-order chi connectivity index (χ1) is 7.67. The molecule has 3 heteroatoms. The molecule has 1 aliphatic carbocycles. The van der Waals surface area contributed by atoms with Gasteiger partial charge in [-0.2, -0.15) is 0 Å². The van der Waals surface area contributed by atoms with Crippen molar-refractivity contribution in [3.8, 4) is 0 Å². The Balaban J connectivity index is 2.25. The molecular weight excluding hydrogens is 200 g/mol. The summed E-state index contributed by atoms with van der Waals surface area (Å²) >= 11 is 0. The van der Waals surface area contributed by atoms with E-state index in [9.17, 15) is 4.79 Å². The van der Waals surface area contributed by atoms with Gasteiger partial charge >= 0.3 is 0 Å². The third kappa shape index (κ3) is 4.12. The molecule has 0 radical (unpaired) electrons. The second-order valence-corrected chi connectivity index (χ2v) is 5.04. The Morgan fingerprint density at radius 2 is 1.81 bits per heavy atom. The number of hydrogen-bond acceptors (Lipinski definition) is 2. The van der Waals surface area contributed by atoms with Gasteiger partial charge in [-0.05, 0) is 39.2 Å². The van der Waals surface area contributed by atoms with E-state index in [1.807, 2.05) is 14.0 Å². The van der Waals surface area contributed by atoms with E-state index in [2.05, 4.69) is 17.6 Å². The molecule has 94 valence electrons. The molecule has 1 saturated carbocycles. The van der Waals surface area contributed by atoms with Crippen LogP contribution in [0.4, 0.5) is 0 Å². The van der Waals surface area contributed by atoms with Gasteiger partial charge in [-0.25, -0.2) is 0 Å². The van der Waals surface area contributed by atoms with Crippen LogP contribution in [-0.2, 0) is 4.79 Å². The molecule has 0 saturated heterocycles. The third-order valence-electron chi connectivity index (χ3n) is 3.65. The summed E-state index contributed by atoms with van der Waals surface area (Å²) in [5, 5.41) is 6.49. The molecule has 1 fully saturated rings. The van der Waals surface area contributed by atoms with Gasteiger partial charge in [0.2, 0.25) is 5.91 Å². The molecule has 0 spiro atoms. The molecule has 16 heavy (non-hydrogen) atoms. The highest BCUT2D eigenvalue weighted by Crippen LogP contribution is 2.19. The number of carbonyl (C=O) groups is 1. The van der Waals surface area contributed by atoms with Crippen LogP contribution in [0.5, 0.6) is 0 Å². The van der Waals surface area contributed by atoms with Crippen LogP contribution >= 0.6 is 0 Å². The fraction of sp³-hybridized carbons (Fsp3) is 0.923. The maximum atomic E-state index is 11.8. The van der Waals surface area contributed by atoms with Gasteiger partial charge in [0.25, 0.3) is 0 Å². The topological polar surface area (TPSA) is 41.1 Å². The van der Waals surface area contributed by atoms with E-state index < -0.39 is 0 Å². The molecule has 1 rings (SSSR count). The summed E-state index contributed by atoms with van der Waals surface area (Å²) in [6.07, 6.45) is 6.69. The van der Waals surface area contributed by atoms with Crippen molar-refractivity contribution in [2.24, 2.45) is 5.92 Å². The van der Waals surface area contributed by atoms with Crippen LogP contribution in [-0.4, -0.2) is 25.0 Å². The zero-order valence-electron chi connectivity index (χ0n) is 10.9. The summed E-state index contributed by atoms with van der Waals surface area (Å²) in [6.45, 7) is 4.15. The second kappa shape index (κ2) is 6.89. The largest absolute Gasteiger partial charge is 0.353 e. The standard InChI is InChI=1S/C13H26N2O/c1-4-5-10(2)13(16)15-12-8-6-11(14-3)7-9-12/h10-12,14H,4-9H2,1-3H3,(H,15,16). The van der Waals surface area contributed by atoms with Gasteiger partial charge in [0.1, 0.15) is 0 Å². The fourth-order valence-corrected chi connectivity index (χ4v) is 2.43. The van der Waals surface area contributed by atoms with E-state index in [1.54, 1.807) is 0 Å². The third-order valence-corrected chi connectivity index (χ3v) is 3.65. The molecule has 1 aliphatic rings. The molecule has 2 N–H and O–H groups in total. The Hall–Kier alpha value is -0.570. The molecular formula is C13H26N2O. The first kappa shape index (κ1) is 13.5. The zero-order chi connectivity index (χ0) is 12.0. The SMILES string of the molecule is CCCC(C)C(=O)NC1CCC(NC)CC1. The van der Waals surface area contributed by atoms with Crippen LogP contribution in [0.3, 0.4) is 0 Å². The van der Waals surface area contributed by atoms with Gasteiger partial charge in [0.15, 0.2) is 0 Å². The van der Waals surface area contributed by atoms with E-state index >= 15 is 0 Å². The smallest absolute Gasteiger partial charge is 0.223 e. The van der Waals surface area contributed by atoms with Crippen LogP contribution in [0.1, 0.15) is 52.4 Å². The lowest BCUT2D eigenvalue weighted by atomic mass is 9.91. The quantitative estimate of drug-likeness (QED) is 0.753. The van der Waals surface area contributed by atoms with Gasteiger partial charge in [0.05, 0.1) is 0 Å². The Labute approximate surface area is 99.4 Å². The highest BCUT2D eigenvalue weighted by Gasteiger charge is 2.22. The van der Waals surface area contributed by atoms with Crippen molar-refractivity contribution < 1.29 is 4.79 Å². The average Bonchev–Trinajstić information content (AvgIpc) is 2.30. The highest BCUT2D eigenvalue weighted by molar-refractivity contribution is 5.78. The predicted octanol–water partition coefficient (Wildman–Crippen LogP) is 2.07. The number of rotatable bonds is 5. The van der Waals surface area contributed by atoms with Crippen molar-refractivity contribution in [3.05, 3.63) is 0 Å². The van der Waals surface area contributed by atoms with Gasteiger partial charge in [-0.15, -0.1) is 0 Å². The van der Waals surface area contributed by atoms with Crippen LogP contribution in [0.2, 0.25) is 0 Å². The lowest BCUT2D eigenvalue weighted by Crippen LogP contribution is -2.43. The second-order valence-electron chi connectivity index (χ2n) is 5.04.